The van der Waals surface area contributed by atoms with E-state index in [-0.39, 0.29) is 6.10 Å². The number of hydrogen-bond donors (Lipinski definition) is 1. The standard InChI is InChI=1S/C22H23N7O2S/c1-2-4-15(5-3-1)17-14-29(10-13-31-17)22-25-19(28-8-11-30-12-9-28)18-21(26-22)32-20(24-18)16-6-7-23-27-16/h1-7,17H,8-14H2,(H,23,27). The summed E-state index contributed by atoms with van der Waals surface area (Å²) in [5.74, 6) is 1.59. The Labute approximate surface area is 189 Å². The average molecular weight is 450 g/mol. The van der Waals surface area contributed by atoms with Gasteiger partial charge in [-0.15, -0.1) is 0 Å². The number of anilines is 2. The summed E-state index contributed by atoms with van der Waals surface area (Å²) < 4.78 is 11.6. The monoisotopic (exact) mass is 449 g/mol. The van der Waals surface area contributed by atoms with E-state index in [0.29, 0.717) is 26.4 Å². The number of benzene rings is 1. The molecule has 1 unspecified atom stereocenters. The predicted octanol–water partition coefficient (Wildman–Crippen LogP) is 2.89. The first-order valence-electron chi connectivity index (χ1n) is 10.8. The molecule has 164 valence electrons. The van der Waals surface area contributed by atoms with Gasteiger partial charge in [-0.2, -0.15) is 15.1 Å². The van der Waals surface area contributed by atoms with Crippen LogP contribution in [0.2, 0.25) is 0 Å². The highest BCUT2D eigenvalue weighted by Crippen LogP contribution is 2.35. The number of hydrogen-bond acceptors (Lipinski definition) is 9. The van der Waals surface area contributed by atoms with Crippen LogP contribution < -0.4 is 9.80 Å². The van der Waals surface area contributed by atoms with E-state index in [4.69, 9.17) is 24.4 Å². The molecule has 10 heteroatoms. The van der Waals surface area contributed by atoms with E-state index in [1.165, 1.54) is 5.56 Å². The number of thiazole rings is 1. The summed E-state index contributed by atoms with van der Waals surface area (Å²) in [5, 5.41) is 8.00. The minimum atomic E-state index is -0.00263. The zero-order valence-corrected chi connectivity index (χ0v) is 18.3. The van der Waals surface area contributed by atoms with E-state index in [0.717, 1.165) is 52.4 Å². The Morgan fingerprint density at radius 1 is 0.938 bits per heavy atom. The van der Waals surface area contributed by atoms with Gasteiger partial charge in [0.25, 0.3) is 0 Å². The molecule has 0 radical (unpaired) electrons. The van der Waals surface area contributed by atoms with Crippen molar-refractivity contribution in [3.63, 3.8) is 0 Å². The van der Waals surface area contributed by atoms with Crippen molar-refractivity contribution in [2.24, 2.45) is 0 Å². The van der Waals surface area contributed by atoms with E-state index in [1.807, 2.05) is 24.3 Å². The molecule has 9 nitrogen and oxygen atoms in total. The number of rotatable bonds is 4. The molecule has 6 rings (SSSR count). The van der Waals surface area contributed by atoms with E-state index >= 15 is 0 Å². The number of nitrogens with zero attached hydrogens (tertiary/aromatic N) is 6. The number of aromatic amines is 1. The van der Waals surface area contributed by atoms with Gasteiger partial charge in [0.1, 0.15) is 22.3 Å². The van der Waals surface area contributed by atoms with Crippen molar-refractivity contribution in [2.75, 3.05) is 55.8 Å². The molecule has 32 heavy (non-hydrogen) atoms. The fourth-order valence-electron chi connectivity index (χ4n) is 4.12. The van der Waals surface area contributed by atoms with E-state index in [2.05, 4.69) is 32.1 Å². The van der Waals surface area contributed by atoms with Gasteiger partial charge in [-0.1, -0.05) is 41.7 Å². The molecule has 1 atom stereocenters. The molecule has 2 saturated heterocycles. The Morgan fingerprint density at radius 3 is 2.59 bits per heavy atom. The first-order valence-corrected chi connectivity index (χ1v) is 11.6. The minimum absolute atomic E-state index is 0.00263. The Bertz CT molecular complexity index is 1190. The van der Waals surface area contributed by atoms with Gasteiger partial charge >= 0.3 is 0 Å². The number of nitrogens with one attached hydrogen (secondary N) is 1. The Balaban J connectivity index is 1.39. The second-order valence-corrected chi connectivity index (χ2v) is 8.77. The molecule has 1 aromatic carbocycles. The van der Waals surface area contributed by atoms with Crippen LogP contribution in [0.25, 0.3) is 21.0 Å². The van der Waals surface area contributed by atoms with Crippen molar-refractivity contribution >= 4 is 33.5 Å². The lowest BCUT2D eigenvalue weighted by atomic mass is 10.1. The Kier molecular flexibility index (Phi) is 5.18. The quantitative estimate of drug-likeness (QED) is 0.509. The summed E-state index contributed by atoms with van der Waals surface area (Å²) >= 11 is 1.55. The van der Waals surface area contributed by atoms with Gasteiger partial charge in [0.2, 0.25) is 5.95 Å². The summed E-state index contributed by atoms with van der Waals surface area (Å²) in [6.07, 6.45) is 1.80. The van der Waals surface area contributed by atoms with Crippen molar-refractivity contribution < 1.29 is 9.47 Å². The molecular weight excluding hydrogens is 426 g/mol. The lowest BCUT2D eigenvalue weighted by Gasteiger charge is -2.34. The molecule has 3 aromatic heterocycles. The van der Waals surface area contributed by atoms with Gasteiger partial charge in [-0.05, 0) is 11.6 Å². The van der Waals surface area contributed by atoms with Gasteiger partial charge < -0.3 is 19.3 Å². The van der Waals surface area contributed by atoms with Crippen LogP contribution in [0.15, 0.2) is 42.6 Å². The van der Waals surface area contributed by atoms with Crippen molar-refractivity contribution in [2.45, 2.75) is 6.10 Å². The number of fused-ring (bicyclic) bond motifs is 1. The van der Waals surface area contributed by atoms with Crippen LogP contribution in [0.5, 0.6) is 0 Å². The largest absolute Gasteiger partial charge is 0.378 e. The first-order chi connectivity index (χ1) is 15.8. The second-order valence-electron chi connectivity index (χ2n) is 7.80. The molecule has 0 spiro atoms. The molecular formula is C22H23N7O2S. The summed E-state index contributed by atoms with van der Waals surface area (Å²) in [6, 6.07) is 12.3. The highest BCUT2D eigenvalue weighted by molar-refractivity contribution is 7.21. The van der Waals surface area contributed by atoms with Gasteiger partial charge in [-0.25, -0.2) is 4.98 Å². The Morgan fingerprint density at radius 2 is 1.78 bits per heavy atom. The van der Waals surface area contributed by atoms with Crippen LogP contribution in [0, 0.1) is 0 Å². The molecule has 0 bridgehead atoms. The summed E-state index contributed by atoms with van der Waals surface area (Å²) in [6.45, 7) is 5.05. The van der Waals surface area contributed by atoms with Crippen LogP contribution in [-0.2, 0) is 9.47 Å². The van der Waals surface area contributed by atoms with E-state index in [1.54, 1.807) is 17.5 Å². The summed E-state index contributed by atoms with van der Waals surface area (Å²) in [5.41, 5.74) is 2.81. The van der Waals surface area contributed by atoms with Crippen LogP contribution in [-0.4, -0.2) is 71.1 Å². The normalized spacial score (nSPS) is 19.6. The van der Waals surface area contributed by atoms with Crippen LogP contribution in [0.1, 0.15) is 11.7 Å². The highest BCUT2D eigenvalue weighted by Gasteiger charge is 2.27. The highest BCUT2D eigenvalue weighted by atomic mass is 32.1. The molecule has 0 aliphatic carbocycles. The molecule has 2 fully saturated rings. The minimum Gasteiger partial charge on any atom is -0.378 e. The summed E-state index contributed by atoms with van der Waals surface area (Å²) in [7, 11) is 0. The van der Waals surface area contributed by atoms with Crippen molar-refractivity contribution in [3.8, 4) is 10.7 Å². The average Bonchev–Trinajstić information content (AvgIpc) is 3.55. The number of H-pyrrole nitrogens is 1. The maximum atomic E-state index is 6.06. The lowest BCUT2D eigenvalue weighted by Crippen LogP contribution is -2.40. The third-order valence-electron chi connectivity index (χ3n) is 5.78. The zero-order valence-electron chi connectivity index (χ0n) is 17.5. The zero-order chi connectivity index (χ0) is 21.3. The first kappa shape index (κ1) is 19.6. The fraction of sp³-hybridized carbons (Fsp3) is 0.364. The number of aromatic nitrogens is 5. The van der Waals surface area contributed by atoms with E-state index in [9.17, 15) is 0 Å². The SMILES string of the molecule is c1ccc(C2CN(c3nc(N4CCOCC4)c4nc(-c5cc[nH]n5)sc4n3)CCO2)cc1. The second kappa shape index (κ2) is 8.45. The smallest absolute Gasteiger partial charge is 0.229 e. The topological polar surface area (TPSA) is 92.3 Å². The maximum absolute atomic E-state index is 6.06. The Hall–Kier alpha value is -3.08. The van der Waals surface area contributed by atoms with Gasteiger partial charge in [0.15, 0.2) is 10.6 Å². The summed E-state index contributed by atoms with van der Waals surface area (Å²) in [4.78, 5) is 20.2. The van der Waals surface area contributed by atoms with E-state index < -0.39 is 0 Å². The van der Waals surface area contributed by atoms with Gasteiger partial charge in [0, 0.05) is 25.8 Å². The molecule has 5 heterocycles. The van der Waals surface area contributed by atoms with Crippen molar-refractivity contribution in [1.29, 1.82) is 0 Å². The van der Waals surface area contributed by atoms with Crippen LogP contribution in [0.4, 0.5) is 11.8 Å². The molecule has 1 N–H and O–H groups in total. The number of ether oxygens (including phenoxy) is 2. The van der Waals surface area contributed by atoms with Crippen LogP contribution >= 0.6 is 11.3 Å². The van der Waals surface area contributed by atoms with Gasteiger partial charge in [-0.3, -0.25) is 5.10 Å². The van der Waals surface area contributed by atoms with Crippen LogP contribution in [0.3, 0.4) is 0 Å². The van der Waals surface area contributed by atoms with Crippen molar-refractivity contribution in [1.82, 2.24) is 25.1 Å². The predicted molar refractivity (Wildman–Crippen MR) is 123 cm³/mol. The molecule has 0 saturated carbocycles. The third-order valence-corrected chi connectivity index (χ3v) is 6.75. The molecule has 2 aliphatic rings. The maximum Gasteiger partial charge on any atom is 0.229 e. The van der Waals surface area contributed by atoms with Crippen molar-refractivity contribution in [3.05, 3.63) is 48.2 Å². The fourth-order valence-corrected chi connectivity index (χ4v) is 5.02. The molecule has 4 aromatic rings. The molecule has 2 aliphatic heterocycles. The molecule has 0 amide bonds. The number of morpholine rings is 2. The van der Waals surface area contributed by atoms with Gasteiger partial charge in [0.05, 0.1) is 26.4 Å². The third kappa shape index (κ3) is 3.70. The lowest BCUT2D eigenvalue weighted by molar-refractivity contribution is 0.0392.